The van der Waals surface area contributed by atoms with Gasteiger partial charge < -0.3 is 10.8 Å². The second-order valence-electron chi connectivity index (χ2n) is 1.21. The molecule has 1 heterocycles. The van der Waals surface area contributed by atoms with Crippen LogP contribution in [0.25, 0.3) is 0 Å². The number of hydrogen-bond donors (Lipinski definition) is 2. The molecule has 0 saturated carbocycles. The van der Waals surface area contributed by atoms with Gasteiger partial charge in [-0.1, -0.05) is 0 Å². The highest BCUT2D eigenvalue weighted by atomic mass is 32.1. The van der Waals surface area contributed by atoms with Crippen molar-refractivity contribution >= 4 is 17.0 Å². The van der Waals surface area contributed by atoms with Crippen LogP contribution in [-0.4, -0.2) is 5.11 Å². The first kappa shape index (κ1) is 4.46. The van der Waals surface area contributed by atoms with E-state index in [0.717, 1.165) is 0 Å². The van der Waals surface area contributed by atoms with E-state index < -0.39 is 0 Å². The van der Waals surface area contributed by atoms with Crippen LogP contribution in [0, 0.1) is 0 Å². The second-order valence-corrected chi connectivity index (χ2v) is 1.96. The van der Waals surface area contributed by atoms with E-state index in [-0.39, 0.29) is 5.75 Å². The van der Waals surface area contributed by atoms with Crippen LogP contribution >= 0.6 is 11.3 Å². The van der Waals surface area contributed by atoms with Gasteiger partial charge in [0.15, 0.2) is 0 Å². The van der Waals surface area contributed by atoms with Crippen LogP contribution in [0.2, 0.25) is 0 Å². The minimum atomic E-state index is 0.185. The number of aromatic hydroxyl groups is 1. The molecule has 1 rings (SSSR count). The Morgan fingerprint density at radius 3 is 2.43 bits per heavy atom. The number of hydrogen-bond acceptors (Lipinski definition) is 3. The van der Waals surface area contributed by atoms with Gasteiger partial charge in [0.25, 0.3) is 0 Å². The molecule has 7 heavy (non-hydrogen) atoms. The van der Waals surface area contributed by atoms with E-state index in [4.69, 9.17) is 10.8 Å². The number of rotatable bonds is 0. The largest absolute Gasteiger partial charge is 0.505 e. The van der Waals surface area contributed by atoms with Gasteiger partial charge in [-0.3, -0.25) is 0 Å². The Morgan fingerprint density at radius 1 is 1.57 bits per heavy atom. The fourth-order valence-corrected chi connectivity index (χ4v) is 0.901. The van der Waals surface area contributed by atoms with Gasteiger partial charge in [-0.2, -0.15) is 0 Å². The Bertz CT molecular complexity index is 144. The average Bonchev–Trinajstić information content (AvgIpc) is 1.91. The van der Waals surface area contributed by atoms with E-state index in [1.807, 2.05) is 0 Å². The summed E-state index contributed by atoms with van der Waals surface area (Å²) in [5.74, 6) is 0.185. The summed E-state index contributed by atoms with van der Waals surface area (Å²) in [6.07, 6.45) is 0. The van der Waals surface area contributed by atoms with Crippen molar-refractivity contribution in [2.24, 2.45) is 0 Å². The molecule has 0 saturated heterocycles. The molecule has 0 bridgehead atoms. The van der Waals surface area contributed by atoms with Gasteiger partial charge in [0.2, 0.25) is 0 Å². The molecule has 0 aliphatic heterocycles. The van der Waals surface area contributed by atoms with Crippen molar-refractivity contribution in [1.29, 1.82) is 0 Å². The molecule has 0 amide bonds. The molecule has 0 spiro atoms. The van der Waals surface area contributed by atoms with Gasteiger partial charge in [-0.25, -0.2) is 0 Å². The standard InChI is InChI=1S/C4H5NOS/c5-3-1-7-2-4(3)6/h1-2,6H,5H2. The van der Waals surface area contributed by atoms with Gasteiger partial charge in [-0.05, 0) is 0 Å². The summed E-state index contributed by atoms with van der Waals surface area (Å²) < 4.78 is 0. The summed E-state index contributed by atoms with van der Waals surface area (Å²) in [6, 6.07) is 0. The monoisotopic (exact) mass is 115 g/mol. The molecule has 0 aliphatic carbocycles. The highest BCUT2D eigenvalue weighted by Gasteiger charge is 1.91. The minimum Gasteiger partial charge on any atom is -0.505 e. The van der Waals surface area contributed by atoms with Crippen molar-refractivity contribution in [3.63, 3.8) is 0 Å². The first-order valence-electron chi connectivity index (χ1n) is 1.81. The third-order valence-corrected chi connectivity index (χ3v) is 1.42. The quantitative estimate of drug-likeness (QED) is 0.530. The fourth-order valence-electron chi connectivity index (χ4n) is 0.300. The smallest absolute Gasteiger partial charge is 0.149 e. The average molecular weight is 115 g/mol. The Labute approximate surface area is 45.2 Å². The van der Waals surface area contributed by atoms with Crippen molar-refractivity contribution in [1.82, 2.24) is 0 Å². The zero-order valence-corrected chi connectivity index (χ0v) is 4.40. The van der Waals surface area contributed by atoms with E-state index in [1.165, 1.54) is 11.3 Å². The molecule has 0 aromatic carbocycles. The summed E-state index contributed by atoms with van der Waals surface area (Å²) >= 11 is 1.39. The van der Waals surface area contributed by atoms with E-state index in [1.54, 1.807) is 10.8 Å². The summed E-state index contributed by atoms with van der Waals surface area (Å²) in [5.41, 5.74) is 5.66. The molecule has 0 aliphatic rings. The Morgan fingerprint density at radius 2 is 2.29 bits per heavy atom. The lowest BCUT2D eigenvalue weighted by atomic mass is 10.5. The predicted octanol–water partition coefficient (Wildman–Crippen LogP) is 1.04. The van der Waals surface area contributed by atoms with Crippen LogP contribution in [0.1, 0.15) is 0 Å². The number of anilines is 1. The fraction of sp³-hybridized carbons (Fsp3) is 0. The molecule has 0 unspecified atom stereocenters. The van der Waals surface area contributed by atoms with Gasteiger partial charge in [0.1, 0.15) is 5.75 Å². The van der Waals surface area contributed by atoms with Crippen molar-refractivity contribution in [3.8, 4) is 5.75 Å². The minimum absolute atomic E-state index is 0.185. The maximum absolute atomic E-state index is 8.64. The predicted molar refractivity (Wildman–Crippen MR) is 30.4 cm³/mol. The SMILES string of the molecule is Nc1cscc1O. The topological polar surface area (TPSA) is 46.2 Å². The van der Waals surface area contributed by atoms with Gasteiger partial charge in [-0.15, -0.1) is 11.3 Å². The van der Waals surface area contributed by atoms with Crippen molar-refractivity contribution in [2.75, 3.05) is 5.73 Å². The van der Waals surface area contributed by atoms with Crippen molar-refractivity contribution < 1.29 is 5.11 Å². The number of nitrogen functional groups attached to an aromatic ring is 1. The lowest BCUT2D eigenvalue weighted by molar-refractivity contribution is 0.480. The molecule has 0 atom stereocenters. The first-order chi connectivity index (χ1) is 3.30. The first-order valence-corrected chi connectivity index (χ1v) is 2.75. The van der Waals surface area contributed by atoms with Crippen LogP contribution in [0.15, 0.2) is 10.8 Å². The lowest BCUT2D eigenvalue weighted by Crippen LogP contribution is -1.77. The Kier molecular flexibility index (Phi) is 0.906. The molecule has 2 nitrogen and oxygen atoms in total. The van der Waals surface area contributed by atoms with E-state index in [0.29, 0.717) is 5.69 Å². The Hall–Kier alpha value is -0.700. The summed E-state index contributed by atoms with van der Waals surface area (Å²) in [6.45, 7) is 0. The summed E-state index contributed by atoms with van der Waals surface area (Å²) in [7, 11) is 0. The number of nitrogens with two attached hydrogens (primary N) is 1. The van der Waals surface area contributed by atoms with Crippen LogP contribution in [0.3, 0.4) is 0 Å². The molecule has 3 heteroatoms. The third kappa shape index (κ3) is 0.667. The molecule has 3 N–H and O–H groups in total. The second kappa shape index (κ2) is 1.42. The van der Waals surface area contributed by atoms with Gasteiger partial charge >= 0.3 is 0 Å². The molecule has 0 fully saturated rings. The molecule has 1 aromatic heterocycles. The van der Waals surface area contributed by atoms with Crippen LogP contribution < -0.4 is 5.73 Å². The summed E-state index contributed by atoms with van der Waals surface area (Å²) in [5, 5.41) is 11.9. The van der Waals surface area contributed by atoms with E-state index >= 15 is 0 Å². The normalized spacial score (nSPS) is 9.14. The molecule has 0 radical (unpaired) electrons. The highest BCUT2D eigenvalue weighted by Crippen LogP contribution is 2.22. The summed E-state index contributed by atoms with van der Waals surface area (Å²) in [4.78, 5) is 0. The highest BCUT2D eigenvalue weighted by molar-refractivity contribution is 7.08. The maximum Gasteiger partial charge on any atom is 0.149 e. The van der Waals surface area contributed by atoms with Crippen molar-refractivity contribution in [3.05, 3.63) is 10.8 Å². The van der Waals surface area contributed by atoms with E-state index in [2.05, 4.69) is 0 Å². The van der Waals surface area contributed by atoms with Crippen molar-refractivity contribution in [2.45, 2.75) is 0 Å². The zero-order chi connectivity index (χ0) is 5.28. The molecule has 38 valence electrons. The Balaban J connectivity index is 3.12. The van der Waals surface area contributed by atoms with Gasteiger partial charge in [0, 0.05) is 10.8 Å². The van der Waals surface area contributed by atoms with Crippen LogP contribution in [0.5, 0.6) is 5.75 Å². The number of thiophene rings is 1. The molecular formula is C4H5NOS. The van der Waals surface area contributed by atoms with Crippen LogP contribution in [0.4, 0.5) is 5.69 Å². The van der Waals surface area contributed by atoms with E-state index in [9.17, 15) is 0 Å². The zero-order valence-electron chi connectivity index (χ0n) is 3.59. The lowest BCUT2D eigenvalue weighted by Gasteiger charge is -1.80. The maximum atomic E-state index is 8.64. The molecular weight excluding hydrogens is 110 g/mol. The van der Waals surface area contributed by atoms with Crippen LogP contribution in [-0.2, 0) is 0 Å². The third-order valence-electron chi connectivity index (χ3n) is 0.670. The molecule has 1 aromatic rings. The van der Waals surface area contributed by atoms with Gasteiger partial charge in [0.05, 0.1) is 5.69 Å².